The standard InChI is InChI=1S/C12H13F2NO/c1-7(15-2)5-8-3-4-10-9(12(8)14)6-11(13)16-10/h3-4,6-7,15H,5H2,1-2H3. The molecule has 0 aliphatic heterocycles. The van der Waals surface area contributed by atoms with Gasteiger partial charge in [0.05, 0.1) is 5.39 Å². The van der Waals surface area contributed by atoms with E-state index in [1.165, 1.54) is 0 Å². The molecule has 2 rings (SSSR count). The summed E-state index contributed by atoms with van der Waals surface area (Å²) in [6.07, 6.45) is 0.561. The van der Waals surface area contributed by atoms with Crippen LogP contribution in [0.15, 0.2) is 22.6 Å². The summed E-state index contributed by atoms with van der Waals surface area (Å²) < 4.78 is 31.5. The Morgan fingerprint density at radius 1 is 1.38 bits per heavy atom. The summed E-state index contributed by atoms with van der Waals surface area (Å²) in [5.41, 5.74) is 0.811. The summed E-state index contributed by atoms with van der Waals surface area (Å²) in [6, 6.07) is 3.72. The van der Waals surface area contributed by atoms with Crippen molar-refractivity contribution in [2.45, 2.75) is 19.4 Å². The van der Waals surface area contributed by atoms with Gasteiger partial charge in [-0.15, -0.1) is 0 Å². The van der Waals surface area contributed by atoms with Crippen molar-refractivity contribution < 1.29 is 13.2 Å². The molecular weight excluding hydrogens is 212 g/mol. The van der Waals surface area contributed by atoms with E-state index in [9.17, 15) is 8.78 Å². The minimum Gasteiger partial charge on any atom is -0.431 e. The molecule has 1 atom stereocenters. The maximum atomic E-state index is 13.9. The van der Waals surface area contributed by atoms with E-state index in [4.69, 9.17) is 4.42 Å². The van der Waals surface area contributed by atoms with Crippen LogP contribution in [0.4, 0.5) is 8.78 Å². The van der Waals surface area contributed by atoms with Crippen molar-refractivity contribution in [3.8, 4) is 0 Å². The molecule has 1 unspecified atom stereocenters. The zero-order chi connectivity index (χ0) is 11.7. The molecule has 0 saturated carbocycles. The van der Waals surface area contributed by atoms with Crippen molar-refractivity contribution in [2.24, 2.45) is 0 Å². The maximum Gasteiger partial charge on any atom is 0.278 e. The molecule has 0 fully saturated rings. The number of rotatable bonds is 3. The Labute approximate surface area is 92.2 Å². The zero-order valence-electron chi connectivity index (χ0n) is 9.18. The maximum absolute atomic E-state index is 13.9. The minimum atomic E-state index is -0.757. The second-order valence-electron chi connectivity index (χ2n) is 3.89. The van der Waals surface area contributed by atoms with Gasteiger partial charge < -0.3 is 9.73 Å². The molecule has 0 radical (unpaired) electrons. The molecule has 0 aliphatic rings. The van der Waals surface area contributed by atoms with Crippen molar-refractivity contribution in [3.05, 3.63) is 35.6 Å². The fourth-order valence-electron chi connectivity index (χ4n) is 1.68. The lowest BCUT2D eigenvalue weighted by atomic mass is 10.0. The number of likely N-dealkylation sites (N-methyl/N-ethyl adjacent to an activating group) is 1. The van der Waals surface area contributed by atoms with E-state index >= 15 is 0 Å². The number of nitrogens with one attached hydrogen (secondary N) is 1. The Hall–Kier alpha value is -1.42. The average Bonchev–Trinajstić information content (AvgIpc) is 2.64. The van der Waals surface area contributed by atoms with Gasteiger partial charge in [0.1, 0.15) is 11.4 Å². The highest BCUT2D eigenvalue weighted by atomic mass is 19.1. The first-order valence-corrected chi connectivity index (χ1v) is 5.15. The molecule has 4 heteroatoms. The average molecular weight is 225 g/mol. The monoisotopic (exact) mass is 225 g/mol. The summed E-state index contributed by atoms with van der Waals surface area (Å²) in [5, 5.41) is 3.24. The summed E-state index contributed by atoms with van der Waals surface area (Å²) in [5.74, 6) is -0.396. The van der Waals surface area contributed by atoms with Gasteiger partial charge >= 0.3 is 0 Å². The third-order valence-corrected chi connectivity index (χ3v) is 2.70. The van der Waals surface area contributed by atoms with E-state index in [1.807, 2.05) is 14.0 Å². The first-order valence-electron chi connectivity index (χ1n) is 5.15. The van der Waals surface area contributed by atoms with Gasteiger partial charge in [-0.05, 0) is 32.0 Å². The molecule has 1 heterocycles. The molecule has 16 heavy (non-hydrogen) atoms. The molecule has 1 aromatic carbocycles. The molecule has 0 bridgehead atoms. The highest BCUT2D eigenvalue weighted by Crippen LogP contribution is 2.24. The third-order valence-electron chi connectivity index (χ3n) is 2.70. The second-order valence-corrected chi connectivity index (χ2v) is 3.89. The highest BCUT2D eigenvalue weighted by Gasteiger charge is 2.13. The summed E-state index contributed by atoms with van der Waals surface area (Å²) >= 11 is 0. The van der Waals surface area contributed by atoms with Gasteiger partial charge in [0.2, 0.25) is 0 Å². The molecule has 2 aromatic rings. The van der Waals surface area contributed by atoms with Crippen molar-refractivity contribution >= 4 is 11.0 Å². The van der Waals surface area contributed by atoms with Crippen LogP contribution in [0.5, 0.6) is 0 Å². The molecule has 0 saturated heterocycles. The number of benzene rings is 1. The van der Waals surface area contributed by atoms with E-state index < -0.39 is 11.8 Å². The lowest BCUT2D eigenvalue weighted by molar-refractivity contribution is 0.381. The van der Waals surface area contributed by atoms with Crippen LogP contribution < -0.4 is 5.32 Å². The van der Waals surface area contributed by atoms with Gasteiger partial charge in [-0.2, -0.15) is 4.39 Å². The number of hydrogen-bond donors (Lipinski definition) is 1. The normalized spacial score (nSPS) is 13.2. The number of furan rings is 1. The molecule has 1 aromatic heterocycles. The Bertz CT molecular complexity index is 507. The van der Waals surface area contributed by atoms with Crippen molar-refractivity contribution in [3.63, 3.8) is 0 Å². The Morgan fingerprint density at radius 3 is 2.81 bits per heavy atom. The van der Waals surface area contributed by atoms with Crippen LogP contribution in [0.3, 0.4) is 0 Å². The van der Waals surface area contributed by atoms with Crippen LogP contribution >= 0.6 is 0 Å². The lowest BCUT2D eigenvalue weighted by Crippen LogP contribution is -2.23. The highest BCUT2D eigenvalue weighted by molar-refractivity contribution is 5.78. The second kappa shape index (κ2) is 4.22. The van der Waals surface area contributed by atoms with Gasteiger partial charge in [-0.3, -0.25) is 0 Å². The van der Waals surface area contributed by atoms with Gasteiger partial charge in [-0.25, -0.2) is 4.39 Å². The first kappa shape index (κ1) is 11.1. The predicted molar refractivity (Wildman–Crippen MR) is 58.4 cm³/mol. The van der Waals surface area contributed by atoms with E-state index in [1.54, 1.807) is 12.1 Å². The van der Waals surface area contributed by atoms with E-state index in [-0.39, 0.29) is 17.0 Å². The van der Waals surface area contributed by atoms with Crippen molar-refractivity contribution in [1.82, 2.24) is 5.32 Å². The molecule has 1 N–H and O–H groups in total. The molecular formula is C12H13F2NO. The fourth-order valence-corrected chi connectivity index (χ4v) is 1.68. The van der Waals surface area contributed by atoms with Crippen LogP contribution in [0.2, 0.25) is 0 Å². The third kappa shape index (κ3) is 1.93. The van der Waals surface area contributed by atoms with Gasteiger partial charge in [0, 0.05) is 12.1 Å². The Kier molecular flexibility index (Phi) is 2.92. The number of halogens is 2. The molecule has 86 valence electrons. The Balaban J connectivity index is 2.43. The smallest absolute Gasteiger partial charge is 0.278 e. The zero-order valence-corrected chi connectivity index (χ0v) is 9.18. The van der Waals surface area contributed by atoms with Crippen LogP contribution in [0.25, 0.3) is 11.0 Å². The summed E-state index contributed by atoms with van der Waals surface area (Å²) in [4.78, 5) is 0. The van der Waals surface area contributed by atoms with E-state index in [0.717, 1.165) is 6.07 Å². The topological polar surface area (TPSA) is 25.2 Å². The largest absolute Gasteiger partial charge is 0.431 e. The lowest BCUT2D eigenvalue weighted by Gasteiger charge is -2.10. The SMILES string of the molecule is CNC(C)Cc1ccc2oc(F)cc2c1F. The van der Waals surface area contributed by atoms with Crippen LogP contribution in [-0.2, 0) is 6.42 Å². The molecule has 0 spiro atoms. The fraction of sp³-hybridized carbons (Fsp3) is 0.333. The Morgan fingerprint density at radius 2 is 2.12 bits per heavy atom. The predicted octanol–water partition coefficient (Wildman–Crippen LogP) is 2.86. The van der Waals surface area contributed by atoms with E-state index in [2.05, 4.69) is 5.32 Å². The number of hydrogen-bond acceptors (Lipinski definition) is 2. The van der Waals surface area contributed by atoms with Crippen molar-refractivity contribution in [2.75, 3.05) is 7.05 Å². The number of fused-ring (bicyclic) bond motifs is 1. The summed E-state index contributed by atoms with van der Waals surface area (Å²) in [6.45, 7) is 1.96. The van der Waals surface area contributed by atoms with Crippen LogP contribution in [0.1, 0.15) is 12.5 Å². The molecule has 0 amide bonds. The first-order chi connectivity index (χ1) is 7.61. The van der Waals surface area contributed by atoms with Gasteiger partial charge in [-0.1, -0.05) is 6.07 Å². The molecule has 0 aliphatic carbocycles. The minimum absolute atomic E-state index is 0.170. The van der Waals surface area contributed by atoms with Crippen molar-refractivity contribution in [1.29, 1.82) is 0 Å². The quantitative estimate of drug-likeness (QED) is 0.868. The molecule has 2 nitrogen and oxygen atoms in total. The van der Waals surface area contributed by atoms with E-state index in [0.29, 0.717) is 12.0 Å². The summed E-state index contributed by atoms with van der Waals surface area (Å²) in [7, 11) is 1.82. The van der Waals surface area contributed by atoms with Gasteiger partial charge in [0.25, 0.3) is 6.01 Å². The van der Waals surface area contributed by atoms with Crippen LogP contribution in [0, 0.1) is 11.8 Å². The van der Waals surface area contributed by atoms with Crippen LogP contribution in [-0.4, -0.2) is 13.1 Å². The van der Waals surface area contributed by atoms with Gasteiger partial charge in [0.15, 0.2) is 0 Å².